The van der Waals surface area contributed by atoms with Crippen molar-refractivity contribution in [3.05, 3.63) is 29.9 Å². The average Bonchev–Trinajstić information content (AvgIpc) is 3.31. The molecule has 11 nitrogen and oxygen atoms in total. The van der Waals surface area contributed by atoms with Crippen LogP contribution >= 0.6 is 0 Å². The Hall–Kier alpha value is -3.94. The van der Waals surface area contributed by atoms with Gasteiger partial charge in [-0.25, -0.2) is 4.79 Å². The van der Waals surface area contributed by atoms with Crippen LogP contribution < -0.4 is 10.1 Å². The van der Waals surface area contributed by atoms with Crippen molar-refractivity contribution in [1.29, 1.82) is 5.26 Å². The van der Waals surface area contributed by atoms with E-state index in [-0.39, 0.29) is 17.1 Å². The van der Waals surface area contributed by atoms with E-state index < -0.39 is 5.97 Å². The number of methoxy groups -OCH3 is 2. The molecule has 0 saturated heterocycles. The molecule has 0 unspecified atom stereocenters. The predicted molar refractivity (Wildman–Crippen MR) is 85.4 cm³/mol. The van der Waals surface area contributed by atoms with Gasteiger partial charge in [0.15, 0.2) is 5.69 Å². The number of carbonyl (C=O) groups is 1. The summed E-state index contributed by atoms with van der Waals surface area (Å²) in [5, 5.41) is 32.6. The zero-order chi connectivity index (χ0) is 17.8. The lowest BCUT2D eigenvalue weighted by Gasteiger charge is -2.07. The van der Waals surface area contributed by atoms with Gasteiger partial charge >= 0.3 is 5.97 Å². The number of H-pyrrole nitrogens is 2. The van der Waals surface area contributed by atoms with Crippen molar-refractivity contribution >= 4 is 28.1 Å². The summed E-state index contributed by atoms with van der Waals surface area (Å²) >= 11 is 0. The number of allylic oxidation sites excluding steroid dienone is 1. The molecule has 3 aromatic rings. The minimum absolute atomic E-state index is 0.139. The van der Waals surface area contributed by atoms with Crippen LogP contribution in [-0.2, 0) is 4.74 Å². The van der Waals surface area contributed by atoms with E-state index in [0.717, 1.165) is 0 Å². The Morgan fingerprint density at radius 2 is 2.20 bits per heavy atom. The molecule has 0 aliphatic heterocycles. The van der Waals surface area contributed by atoms with Gasteiger partial charge in [-0.2, -0.15) is 15.6 Å². The summed E-state index contributed by atoms with van der Waals surface area (Å²) in [5.74, 6) is 0.0382. The van der Waals surface area contributed by atoms with E-state index in [1.165, 1.54) is 20.4 Å². The third-order valence-corrected chi connectivity index (χ3v) is 3.36. The first-order chi connectivity index (χ1) is 12.2. The number of nitrogens with zero attached hydrogens (tertiary/aromatic N) is 5. The highest BCUT2D eigenvalue weighted by atomic mass is 16.5. The standard InChI is InChI=1S/C14H12N8O3/c1-24-9-4-3-8(10-11(9)17-18-12(10)14(23)25-2)16-6-7(5-15)13-19-21-22-20-13/h3-4,6,16H,1-2H3,(H,17,18)(H,19,20,21,22). The van der Waals surface area contributed by atoms with Crippen LogP contribution in [0, 0.1) is 11.3 Å². The number of benzene rings is 1. The molecule has 1 aromatic carbocycles. The number of carbonyl (C=O) groups excluding carboxylic acids is 1. The topological polar surface area (TPSA) is 154 Å². The first-order valence-electron chi connectivity index (χ1n) is 6.93. The molecule has 3 N–H and O–H groups in total. The monoisotopic (exact) mass is 340 g/mol. The average molecular weight is 340 g/mol. The van der Waals surface area contributed by atoms with Crippen LogP contribution in [-0.4, -0.2) is 51.0 Å². The number of nitriles is 1. The summed E-state index contributed by atoms with van der Waals surface area (Å²) in [6.07, 6.45) is 1.40. The molecule has 0 amide bonds. The van der Waals surface area contributed by atoms with Gasteiger partial charge in [0.1, 0.15) is 22.9 Å². The molecule has 0 radical (unpaired) electrons. The zero-order valence-electron chi connectivity index (χ0n) is 13.2. The number of hydrogen-bond donors (Lipinski definition) is 3. The van der Waals surface area contributed by atoms with Gasteiger partial charge in [-0.05, 0) is 17.3 Å². The lowest BCUT2D eigenvalue weighted by Crippen LogP contribution is -2.03. The number of esters is 1. The first-order valence-corrected chi connectivity index (χ1v) is 6.93. The number of anilines is 1. The summed E-state index contributed by atoms with van der Waals surface area (Å²) in [6.45, 7) is 0. The van der Waals surface area contributed by atoms with Crippen LogP contribution in [0.2, 0.25) is 0 Å². The minimum Gasteiger partial charge on any atom is -0.494 e. The van der Waals surface area contributed by atoms with Gasteiger partial charge in [-0.15, -0.1) is 10.2 Å². The van der Waals surface area contributed by atoms with Gasteiger partial charge in [0.2, 0.25) is 5.82 Å². The van der Waals surface area contributed by atoms with E-state index in [0.29, 0.717) is 22.3 Å². The van der Waals surface area contributed by atoms with Crippen molar-refractivity contribution in [1.82, 2.24) is 30.8 Å². The number of tetrazole rings is 1. The number of ether oxygens (including phenoxy) is 2. The fraction of sp³-hybridized carbons (Fsp3) is 0.143. The smallest absolute Gasteiger partial charge is 0.356 e. The number of nitrogens with one attached hydrogen (secondary N) is 3. The molecule has 2 heterocycles. The second kappa shape index (κ2) is 6.67. The van der Waals surface area contributed by atoms with Crippen molar-refractivity contribution in [3.8, 4) is 11.8 Å². The van der Waals surface area contributed by atoms with Crippen LogP contribution in [0.5, 0.6) is 5.75 Å². The Morgan fingerprint density at radius 3 is 2.84 bits per heavy atom. The molecule has 126 valence electrons. The van der Waals surface area contributed by atoms with Gasteiger partial charge < -0.3 is 14.8 Å². The fourth-order valence-corrected chi connectivity index (χ4v) is 2.21. The van der Waals surface area contributed by atoms with Crippen molar-refractivity contribution in [2.24, 2.45) is 0 Å². The first kappa shape index (κ1) is 15.9. The van der Waals surface area contributed by atoms with Crippen LogP contribution in [0.15, 0.2) is 18.3 Å². The number of rotatable bonds is 5. The number of fused-ring (bicyclic) bond motifs is 1. The molecule has 0 fully saturated rings. The third kappa shape index (κ3) is 2.83. The highest BCUT2D eigenvalue weighted by Crippen LogP contribution is 2.33. The molecular formula is C14H12N8O3. The van der Waals surface area contributed by atoms with Crippen molar-refractivity contribution in [3.63, 3.8) is 0 Å². The summed E-state index contributed by atoms with van der Waals surface area (Å²) in [6, 6.07) is 5.33. The minimum atomic E-state index is -0.582. The lowest BCUT2D eigenvalue weighted by atomic mass is 10.1. The van der Waals surface area contributed by atoms with Crippen LogP contribution in [0.1, 0.15) is 16.3 Å². The van der Waals surface area contributed by atoms with Gasteiger partial charge in [0.25, 0.3) is 0 Å². The number of aromatic amines is 2. The van der Waals surface area contributed by atoms with E-state index in [4.69, 9.17) is 9.47 Å². The molecule has 3 rings (SSSR count). The van der Waals surface area contributed by atoms with Gasteiger partial charge in [-0.1, -0.05) is 0 Å². The maximum absolute atomic E-state index is 12.0. The van der Waals surface area contributed by atoms with Gasteiger partial charge in [0.05, 0.1) is 25.3 Å². The second-order valence-corrected chi connectivity index (χ2v) is 4.68. The Kier molecular flexibility index (Phi) is 4.25. The maximum atomic E-state index is 12.0. The normalized spacial score (nSPS) is 11.2. The molecule has 0 aliphatic rings. The molecule has 0 saturated carbocycles. The van der Waals surface area contributed by atoms with E-state index in [2.05, 4.69) is 36.1 Å². The van der Waals surface area contributed by atoms with E-state index >= 15 is 0 Å². The van der Waals surface area contributed by atoms with Gasteiger partial charge in [-0.3, -0.25) is 5.10 Å². The van der Waals surface area contributed by atoms with Gasteiger partial charge in [0, 0.05) is 6.20 Å². The Morgan fingerprint density at radius 1 is 1.36 bits per heavy atom. The largest absolute Gasteiger partial charge is 0.494 e. The summed E-state index contributed by atoms with van der Waals surface area (Å²) in [7, 11) is 2.77. The van der Waals surface area contributed by atoms with E-state index in [9.17, 15) is 10.1 Å². The van der Waals surface area contributed by atoms with E-state index in [1.807, 2.05) is 6.07 Å². The summed E-state index contributed by atoms with van der Waals surface area (Å²) in [4.78, 5) is 12.0. The highest BCUT2D eigenvalue weighted by Gasteiger charge is 2.20. The summed E-state index contributed by atoms with van der Waals surface area (Å²) < 4.78 is 10.0. The number of aromatic nitrogens is 6. The van der Waals surface area contributed by atoms with Crippen molar-refractivity contribution in [2.75, 3.05) is 19.5 Å². The Balaban J connectivity index is 2.08. The Bertz CT molecular complexity index is 984. The molecule has 0 atom stereocenters. The molecule has 0 bridgehead atoms. The molecule has 11 heteroatoms. The van der Waals surface area contributed by atoms with Crippen molar-refractivity contribution in [2.45, 2.75) is 0 Å². The molecule has 2 aromatic heterocycles. The lowest BCUT2D eigenvalue weighted by molar-refractivity contribution is 0.0596. The zero-order valence-corrected chi connectivity index (χ0v) is 13.2. The SMILES string of the molecule is COC(=O)c1[nH]nc2c(OC)ccc(NC=C(C#N)c3nn[nH]n3)c12. The number of hydrogen-bond acceptors (Lipinski definition) is 9. The quantitative estimate of drug-likeness (QED) is 0.452. The molecule has 0 aliphatic carbocycles. The molecule has 0 spiro atoms. The Labute approximate surface area is 140 Å². The molecular weight excluding hydrogens is 328 g/mol. The van der Waals surface area contributed by atoms with Crippen LogP contribution in [0.3, 0.4) is 0 Å². The third-order valence-electron chi connectivity index (χ3n) is 3.36. The van der Waals surface area contributed by atoms with E-state index in [1.54, 1.807) is 12.1 Å². The van der Waals surface area contributed by atoms with Crippen LogP contribution in [0.4, 0.5) is 5.69 Å². The summed E-state index contributed by atoms with van der Waals surface area (Å²) in [5.41, 5.74) is 1.27. The second-order valence-electron chi connectivity index (χ2n) is 4.68. The maximum Gasteiger partial charge on any atom is 0.356 e. The predicted octanol–water partition coefficient (Wildman–Crippen LogP) is 0.848. The van der Waals surface area contributed by atoms with Crippen molar-refractivity contribution < 1.29 is 14.3 Å². The fourth-order valence-electron chi connectivity index (χ4n) is 2.21. The van der Waals surface area contributed by atoms with Crippen LogP contribution in [0.25, 0.3) is 16.5 Å². The molecule has 25 heavy (non-hydrogen) atoms. The highest BCUT2D eigenvalue weighted by molar-refractivity contribution is 6.09.